The number of hydrogen-bond donors (Lipinski definition) is 1. The van der Waals surface area contributed by atoms with Crippen LogP contribution in [0.4, 0.5) is 5.13 Å². The van der Waals surface area contributed by atoms with Crippen molar-refractivity contribution in [1.29, 1.82) is 0 Å². The van der Waals surface area contributed by atoms with E-state index in [1.54, 1.807) is 24.5 Å². The quantitative estimate of drug-likeness (QED) is 0.784. The molecule has 0 saturated heterocycles. The summed E-state index contributed by atoms with van der Waals surface area (Å²) in [6.45, 7) is 2.00. The summed E-state index contributed by atoms with van der Waals surface area (Å²) >= 11 is 1.46. The van der Waals surface area contributed by atoms with Crippen molar-refractivity contribution < 1.29 is 9.00 Å². The monoisotopic (exact) mass is 344 g/mol. The first kappa shape index (κ1) is 15.8. The Morgan fingerprint density at radius 2 is 2.04 bits per heavy atom. The van der Waals surface area contributed by atoms with E-state index < -0.39 is 10.8 Å². The SMILES string of the molecule is Cc1cccc2sc(NC(=O)c3cccc(CS(C)=O)c3)nc12. The maximum atomic E-state index is 12.4. The largest absolute Gasteiger partial charge is 0.298 e. The number of hydrogen-bond acceptors (Lipinski definition) is 4. The average molecular weight is 344 g/mol. The Balaban J connectivity index is 1.83. The van der Waals surface area contributed by atoms with E-state index in [-0.39, 0.29) is 5.91 Å². The summed E-state index contributed by atoms with van der Waals surface area (Å²) in [5, 5.41) is 3.43. The van der Waals surface area contributed by atoms with Gasteiger partial charge in [-0.1, -0.05) is 35.6 Å². The molecule has 6 heteroatoms. The molecule has 0 aliphatic rings. The zero-order valence-corrected chi connectivity index (χ0v) is 14.5. The second kappa shape index (κ2) is 6.60. The highest BCUT2D eigenvalue weighted by Gasteiger charge is 2.11. The molecule has 0 aliphatic carbocycles. The molecule has 0 saturated carbocycles. The van der Waals surface area contributed by atoms with Crippen LogP contribution in [0.25, 0.3) is 10.2 Å². The van der Waals surface area contributed by atoms with Crippen LogP contribution < -0.4 is 5.32 Å². The first-order valence-electron chi connectivity index (χ1n) is 7.09. The summed E-state index contributed by atoms with van der Waals surface area (Å²) in [4.78, 5) is 16.9. The topological polar surface area (TPSA) is 59.1 Å². The number of fused-ring (bicyclic) bond motifs is 1. The van der Waals surface area contributed by atoms with Crippen LogP contribution in [-0.4, -0.2) is 21.4 Å². The van der Waals surface area contributed by atoms with Gasteiger partial charge in [-0.05, 0) is 36.2 Å². The fraction of sp³-hybridized carbons (Fsp3) is 0.176. The molecule has 118 valence electrons. The maximum Gasteiger partial charge on any atom is 0.257 e. The van der Waals surface area contributed by atoms with Gasteiger partial charge in [0.1, 0.15) is 0 Å². The van der Waals surface area contributed by atoms with Gasteiger partial charge in [0.2, 0.25) is 0 Å². The van der Waals surface area contributed by atoms with Crippen molar-refractivity contribution in [3.05, 3.63) is 59.2 Å². The molecule has 1 unspecified atom stereocenters. The van der Waals surface area contributed by atoms with Crippen LogP contribution in [0, 0.1) is 6.92 Å². The normalized spacial score (nSPS) is 12.3. The maximum absolute atomic E-state index is 12.4. The Bertz CT molecular complexity index is 902. The third kappa shape index (κ3) is 3.65. The zero-order valence-electron chi connectivity index (χ0n) is 12.8. The van der Waals surface area contributed by atoms with E-state index in [2.05, 4.69) is 10.3 Å². The number of rotatable bonds is 4. The first-order chi connectivity index (χ1) is 11.0. The molecule has 0 fully saturated rings. The minimum absolute atomic E-state index is 0.203. The van der Waals surface area contributed by atoms with Crippen molar-refractivity contribution in [3.8, 4) is 0 Å². The van der Waals surface area contributed by atoms with Crippen molar-refractivity contribution in [2.45, 2.75) is 12.7 Å². The number of aromatic nitrogens is 1. The molecule has 1 amide bonds. The molecule has 23 heavy (non-hydrogen) atoms. The third-order valence-electron chi connectivity index (χ3n) is 3.40. The number of amides is 1. The number of nitrogens with one attached hydrogen (secondary N) is 1. The molecule has 0 aliphatic heterocycles. The Hall–Kier alpha value is -2.05. The van der Waals surface area contributed by atoms with Gasteiger partial charge < -0.3 is 0 Å². The predicted octanol–water partition coefficient (Wildman–Crippen LogP) is 3.74. The molecule has 3 aromatic rings. The highest BCUT2D eigenvalue weighted by atomic mass is 32.2. The lowest BCUT2D eigenvalue weighted by molar-refractivity contribution is 0.102. The molecule has 1 atom stereocenters. The van der Waals surface area contributed by atoms with Crippen molar-refractivity contribution in [3.63, 3.8) is 0 Å². The second-order valence-electron chi connectivity index (χ2n) is 5.31. The summed E-state index contributed by atoms with van der Waals surface area (Å²) in [6, 6.07) is 13.2. The van der Waals surface area contributed by atoms with E-state index in [0.717, 1.165) is 21.3 Å². The average Bonchev–Trinajstić information content (AvgIpc) is 2.91. The fourth-order valence-corrected chi connectivity index (χ4v) is 3.93. The summed E-state index contributed by atoms with van der Waals surface area (Å²) in [5.74, 6) is 0.243. The highest BCUT2D eigenvalue weighted by molar-refractivity contribution is 7.83. The zero-order chi connectivity index (χ0) is 16.4. The number of carbonyl (C=O) groups is 1. The smallest absolute Gasteiger partial charge is 0.257 e. The Morgan fingerprint density at radius 1 is 1.26 bits per heavy atom. The summed E-state index contributed by atoms with van der Waals surface area (Å²) in [6.07, 6.45) is 1.65. The summed E-state index contributed by atoms with van der Waals surface area (Å²) in [5.41, 5.74) is 3.44. The molecule has 4 nitrogen and oxygen atoms in total. The number of thiazole rings is 1. The number of carbonyl (C=O) groups excluding carboxylic acids is 1. The van der Waals surface area contributed by atoms with E-state index in [9.17, 15) is 9.00 Å². The molecule has 1 heterocycles. The minimum Gasteiger partial charge on any atom is -0.298 e. The molecular formula is C17H16N2O2S2. The van der Waals surface area contributed by atoms with E-state index in [1.165, 1.54) is 11.3 Å². The third-order valence-corrected chi connectivity index (χ3v) is 5.08. The number of para-hydroxylation sites is 1. The fourth-order valence-electron chi connectivity index (χ4n) is 2.35. The van der Waals surface area contributed by atoms with Gasteiger partial charge in [0.05, 0.1) is 10.2 Å². The lowest BCUT2D eigenvalue weighted by Gasteiger charge is -2.04. The van der Waals surface area contributed by atoms with Crippen LogP contribution in [0.2, 0.25) is 0 Å². The van der Waals surface area contributed by atoms with Crippen LogP contribution in [0.1, 0.15) is 21.5 Å². The van der Waals surface area contributed by atoms with Crippen LogP contribution in [0.5, 0.6) is 0 Å². The van der Waals surface area contributed by atoms with Gasteiger partial charge in [-0.2, -0.15) is 0 Å². The van der Waals surface area contributed by atoms with Gasteiger partial charge in [0.15, 0.2) is 5.13 Å². The number of anilines is 1. The summed E-state index contributed by atoms with van der Waals surface area (Å²) in [7, 11) is -0.931. The molecule has 0 radical (unpaired) electrons. The van der Waals surface area contributed by atoms with Gasteiger partial charge >= 0.3 is 0 Å². The van der Waals surface area contributed by atoms with E-state index in [1.807, 2.05) is 31.2 Å². The summed E-state index contributed by atoms with van der Waals surface area (Å²) < 4.78 is 12.4. The van der Waals surface area contributed by atoms with Crippen molar-refractivity contribution in [1.82, 2.24) is 4.98 Å². The first-order valence-corrected chi connectivity index (χ1v) is 9.64. The molecule has 3 rings (SSSR count). The van der Waals surface area contributed by atoms with Crippen molar-refractivity contribution >= 4 is 43.4 Å². The van der Waals surface area contributed by atoms with Gasteiger partial charge in [0, 0.05) is 28.4 Å². The van der Waals surface area contributed by atoms with Crippen molar-refractivity contribution in [2.24, 2.45) is 0 Å². The van der Waals surface area contributed by atoms with Crippen LogP contribution in [0.15, 0.2) is 42.5 Å². The Labute approximate surface area is 141 Å². The molecule has 0 bridgehead atoms. The van der Waals surface area contributed by atoms with Crippen LogP contribution in [-0.2, 0) is 16.6 Å². The Morgan fingerprint density at radius 3 is 2.78 bits per heavy atom. The highest BCUT2D eigenvalue weighted by Crippen LogP contribution is 2.28. The van der Waals surface area contributed by atoms with E-state index >= 15 is 0 Å². The molecular weight excluding hydrogens is 328 g/mol. The predicted molar refractivity (Wildman–Crippen MR) is 96.5 cm³/mol. The second-order valence-corrected chi connectivity index (χ2v) is 7.78. The Kier molecular flexibility index (Phi) is 4.54. The van der Waals surface area contributed by atoms with Crippen LogP contribution >= 0.6 is 11.3 Å². The molecule has 1 N–H and O–H groups in total. The standard InChI is InChI=1S/C17H16N2O2S2/c1-11-5-3-8-14-15(11)18-17(22-14)19-16(20)13-7-4-6-12(9-13)10-23(2)21/h3-9H,10H2,1-2H3,(H,18,19,20). The molecule has 1 aromatic heterocycles. The van der Waals surface area contributed by atoms with Crippen LogP contribution in [0.3, 0.4) is 0 Å². The minimum atomic E-state index is -0.931. The van der Waals surface area contributed by atoms with E-state index in [0.29, 0.717) is 16.4 Å². The van der Waals surface area contributed by atoms with Gasteiger partial charge in [-0.3, -0.25) is 14.3 Å². The van der Waals surface area contributed by atoms with Crippen molar-refractivity contribution in [2.75, 3.05) is 11.6 Å². The lowest BCUT2D eigenvalue weighted by Crippen LogP contribution is -2.12. The van der Waals surface area contributed by atoms with Gasteiger partial charge in [0.25, 0.3) is 5.91 Å². The van der Waals surface area contributed by atoms with Gasteiger partial charge in [-0.15, -0.1) is 0 Å². The van der Waals surface area contributed by atoms with Gasteiger partial charge in [-0.25, -0.2) is 4.98 Å². The van der Waals surface area contributed by atoms with E-state index in [4.69, 9.17) is 0 Å². The number of benzene rings is 2. The lowest BCUT2D eigenvalue weighted by atomic mass is 10.1. The molecule has 2 aromatic carbocycles. The number of nitrogens with zero attached hydrogens (tertiary/aromatic N) is 1. The molecule has 0 spiro atoms. The number of aryl methyl sites for hydroxylation is 1.